The van der Waals surface area contributed by atoms with Crippen LogP contribution in [0.1, 0.15) is 36.5 Å². The Labute approximate surface area is 171 Å². The van der Waals surface area contributed by atoms with Gasteiger partial charge in [0.2, 0.25) is 0 Å². The molecule has 29 heavy (non-hydrogen) atoms. The summed E-state index contributed by atoms with van der Waals surface area (Å²) in [5.41, 5.74) is 5.15. The first-order valence-corrected chi connectivity index (χ1v) is 9.51. The minimum Gasteiger partial charge on any atom is -0.493 e. The maximum atomic E-state index is 11.7. The van der Waals surface area contributed by atoms with E-state index in [1.54, 1.807) is 25.3 Å². The van der Waals surface area contributed by atoms with Gasteiger partial charge in [-0.1, -0.05) is 43.2 Å². The van der Waals surface area contributed by atoms with Crippen molar-refractivity contribution in [2.75, 3.05) is 13.7 Å². The highest BCUT2D eigenvalue weighted by Gasteiger charge is 2.11. The van der Waals surface area contributed by atoms with Gasteiger partial charge in [0.25, 0.3) is 0 Å². The van der Waals surface area contributed by atoms with E-state index in [1.165, 1.54) is 11.8 Å². The Balaban J connectivity index is 1.91. The Morgan fingerprint density at radius 3 is 2.52 bits per heavy atom. The molecule has 0 fully saturated rings. The van der Waals surface area contributed by atoms with E-state index in [1.807, 2.05) is 38.1 Å². The van der Waals surface area contributed by atoms with Crippen LogP contribution in [0.3, 0.4) is 0 Å². The van der Waals surface area contributed by atoms with Gasteiger partial charge < -0.3 is 14.8 Å². The number of benzene rings is 2. The van der Waals surface area contributed by atoms with Gasteiger partial charge in [0.05, 0.1) is 13.3 Å². The lowest BCUT2D eigenvalue weighted by Gasteiger charge is -2.11. The fourth-order valence-electron chi connectivity index (χ4n) is 2.40. The van der Waals surface area contributed by atoms with Gasteiger partial charge in [-0.3, -0.25) is 9.59 Å². The molecule has 7 heteroatoms. The minimum atomic E-state index is -0.803. The first-order chi connectivity index (χ1) is 14.0. The topological polar surface area (TPSA) is 89.0 Å². The minimum absolute atomic E-state index is 0.424. The third kappa shape index (κ3) is 7.29. The summed E-state index contributed by atoms with van der Waals surface area (Å²) in [4.78, 5) is 23.2. The Bertz CT molecular complexity index is 848. The number of carbonyl (C=O) groups excluding carboxylic acids is 2. The lowest BCUT2D eigenvalue weighted by Crippen LogP contribution is -2.38. The highest BCUT2D eigenvalue weighted by molar-refractivity contribution is 6.35. The summed E-state index contributed by atoms with van der Waals surface area (Å²) in [6.45, 7) is 4.93. The molecule has 0 aliphatic rings. The SMILES string of the molecule is CCCCNC(=O)C(=O)N/N=C\c1ccc(OCc2ccc(C)cc2)c(OC)c1. The first-order valence-electron chi connectivity index (χ1n) is 9.51. The van der Waals surface area contributed by atoms with E-state index in [0.717, 1.165) is 18.4 Å². The first kappa shape index (κ1) is 21.9. The molecule has 0 atom stereocenters. The molecule has 0 bridgehead atoms. The highest BCUT2D eigenvalue weighted by Crippen LogP contribution is 2.28. The van der Waals surface area contributed by atoms with E-state index < -0.39 is 11.8 Å². The number of hydrogen-bond donors (Lipinski definition) is 2. The van der Waals surface area contributed by atoms with Crippen molar-refractivity contribution in [1.29, 1.82) is 0 Å². The summed E-state index contributed by atoms with van der Waals surface area (Å²) in [6, 6.07) is 13.4. The van der Waals surface area contributed by atoms with Crippen LogP contribution in [0.2, 0.25) is 0 Å². The van der Waals surface area contributed by atoms with Gasteiger partial charge in [-0.2, -0.15) is 5.10 Å². The number of hydrazone groups is 1. The number of unbranched alkanes of at least 4 members (excludes halogenated alkanes) is 1. The van der Waals surface area contributed by atoms with Crippen LogP contribution >= 0.6 is 0 Å². The van der Waals surface area contributed by atoms with Gasteiger partial charge in [-0.25, -0.2) is 5.43 Å². The molecule has 0 radical (unpaired) electrons. The molecule has 0 aliphatic heterocycles. The molecule has 2 aromatic rings. The molecule has 2 aromatic carbocycles. The fourth-order valence-corrected chi connectivity index (χ4v) is 2.40. The van der Waals surface area contributed by atoms with Gasteiger partial charge in [0, 0.05) is 6.54 Å². The van der Waals surface area contributed by atoms with Crippen LogP contribution in [0.4, 0.5) is 0 Å². The molecule has 0 heterocycles. The zero-order chi connectivity index (χ0) is 21.1. The van der Waals surface area contributed by atoms with Crippen LogP contribution in [0.5, 0.6) is 11.5 Å². The van der Waals surface area contributed by atoms with Crippen molar-refractivity contribution in [3.05, 3.63) is 59.2 Å². The molecule has 2 amide bonds. The lowest BCUT2D eigenvalue weighted by molar-refractivity contribution is -0.139. The summed E-state index contributed by atoms with van der Waals surface area (Å²) in [5.74, 6) is -0.357. The fraction of sp³-hybridized carbons (Fsp3) is 0.318. The third-order valence-electron chi connectivity index (χ3n) is 4.10. The molecular formula is C22H27N3O4. The number of ether oxygens (including phenoxy) is 2. The maximum absolute atomic E-state index is 11.7. The Kier molecular flexibility index (Phi) is 8.69. The summed E-state index contributed by atoms with van der Waals surface area (Å²) >= 11 is 0. The van der Waals surface area contributed by atoms with Crippen molar-refractivity contribution >= 4 is 18.0 Å². The Morgan fingerprint density at radius 2 is 1.83 bits per heavy atom. The summed E-state index contributed by atoms with van der Waals surface area (Å²) < 4.78 is 11.2. The van der Waals surface area contributed by atoms with Crippen LogP contribution < -0.4 is 20.2 Å². The van der Waals surface area contributed by atoms with Gasteiger partial charge in [0.1, 0.15) is 6.61 Å². The van der Waals surface area contributed by atoms with E-state index in [9.17, 15) is 9.59 Å². The second-order valence-corrected chi connectivity index (χ2v) is 6.49. The van der Waals surface area contributed by atoms with E-state index in [-0.39, 0.29) is 0 Å². The predicted molar refractivity (Wildman–Crippen MR) is 112 cm³/mol. The standard InChI is InChI=1S/C22H27N3O4/c1-4-5-12-23-21(26)22(27)25-24-14-18-10-11-19(20(13-18)28-3)29-15-17-8-6-16(2)7-9-17/h6-11,13-14H,4-5,12,15H2,1-3H3,(H,23,26)(H,25,27)/b24-14-. The molecular weight excluding hydrogens is 370 g/mol. The van der Waals surface area contributed by atoms with Crippen molar-refractivity contribution in [2.24, 2.45) is 5.10 Å². The van der Waals surface area contributed by atoms with Crippen molar-refractivity contribution in [2.45, 2.75) is 33.3 Å². The van der Waals surface area contributed by atoms with E-state index in [4.69, 9.17) is 9.47 Å². The average molecular weight is 397 g/mol. The van der Waals surface area contributed by atoms with E-state index in [2.05, 4.69) is 15.8 Å². The second kappa shape index (κ2) is 11.5. The predicted octanol–water partition coefficient (Wildman–Crippen LogP) is 2.95. The third-order valence-corrected chi connectivity index (χ3v) is 4.10. The van der Waals surface area contributed by atoms with Gasteiger partial charge in [0.15, 0.2) is 11.5 Å². The molecule has 2 N–H and O–H groups in total. The second-order valence-electron chi connectivity index (χ2n) is 6.49. The zero-order valence-electron chi connectivity index (χ0n) is 17.0. The van der Waals surface area contributed by atoms with Crippen LogP contribution in [-0.4, -0.2) is 31.7 Å². The van der Waals surface area contributed by atoms with Crippen LogP contribution in [0.25, 0.3) is 0 Å². The van der Waals surface area contributed by atoms with Crippen molar-refractivity contribution in [1.82, 2.24) is 10.7 Å². The van der Waals surface area contributed by atoms with Crippen molar-refractivity contribution in [3.8, 4) is 11.5 Å². The molecule has 0 aliphatic carbocycles. The number of methoxy groups -OCH3 is 1. The molecule has 2 rings (SSSR count). The maximum Gasteiger partial charge on any atom is 0.329 e. The van der Waals surface area contributed by atoms with Crippen molar-refractivity contribution in [3.63, 3.8) is 0 Å². The summed E-state index contributed by atoms with van der Waals surface area (Å²) in [6.07, 6.45) is 3.19. The summed E-state index contributed by atoms with van der Waals surface area (Å²) in [7, 11) is 1.55. The molecule has 154 valence electrons. The smallest absolute Gasteiger partial charge is 0.329 e. The number of carbonyl (C=O) groups is 2. The van der Waals surface area contributed by atoms with Crippen LogP contribution in [0, 0.1) is 6.92 Å². The van der Waals surface area contributed by atoms with Crippen molar-refractivity contribution < 1.29 is 19.1 Å². The highest BCUT2D eigenvalue weighted by atomic mass is 16.5. The Hall–Kier alpha value is -3.35. The average Bonchev–Trinajstić information content (AvgIpc) is 2.73. The molecule has 0 saturated carbocycles. The summed E-state index contributed by atoms with van der Waals surface area (Å²) in [5, 5.41) is 6.34. The largest absolute Gasteiger partial charge is 0.493 e. The molecule has 0 spiro atoms. The number of nitrogens with zero attached hydrogens (tertiary/aromatic N) is 1. The molecule has 0 saturated heterocycles. The monoisotopic (exact) mass is 397 g/mol. The van der Waals surface area contributed by atoms with E-state index in [0.29, 0.717) is 30.2 Å². The van der Waals surface area contributed by atoms with Gasteiger partial charge in [-0.05, 0) is 42.7 Å². The number of aryl methyl sites for hydroxylation is 1. The number of rotatable bonds is 9. The normalized spacial score (nSPS) is 10.6. The number of amides is 2. The van der Waals surface area contributed by atoms with Crippen LogP contribution in [0.15, 0.2) is 47.6 Å². The number of nitrogens with one attached hydrogen (secondary N) is 2. The van der Waals surface area contributed by atoms with Gasteiger partial charge >= 0.3 is 11.8 Å². The Morgan fingerprint density at radius 1 is 1.07 bits per heavy atom. The zero-order valence-corrected chi connectivity index (χ0v) is 17.0. The molecule has 0 aromatic heterocycles. The molecule has 0 unspecified atom stereocenters. The quantitative estimate of drug-likeness (QED) is 0.295. The number of hydrogen-bond acceptors (Lipinski definition) is 5. The van der Waals surface area contributed by atoms with Gasteiger partial charge in [-0.15, -0.1) is 0 Å². The van der Waals surface area contributed by atoms with E-state index >= 15 is 0 Å². The van der Waals surface area contributed by atoms with Crippen LogP contribution in [-0.2, 0) is 16.2 Å². The molecule has 7 nitrogen and oxygen atoms in total. The lowest BCUT2D eigenvalue weighted by atomic mass is 10.2.